The van der Waals surface area contributed by atoms with Gasteiger partial charge in [-0.05, 0) is 62.9 Å². The summed E-state index contributed by atoms with van der Waals surface area (Å²) < 4.78 is 10.4. The fourth-order valence-corrected chi connectivity index (χ4v) is 3.69. The minimum atomic E-state index is -0.684. The summed E-state index contributed by atoms with van der Waals surface area (Å²) in [7, 11) is 0. The zero-order chi connectivity index (χ0) is 30.3. The number of anilines is 1. The predicted molar refractivity (Wildman–Crippen MR) is 158 cm³/mol. The third-order valence-corrected chi connectivity index (χ3v) is 5.97. The van der Waals surface area contributed by atoms with Gasteiger partial charge in [-0.2, -0.15) is 0 Å². The molecule has 0 aliphatic carbocycles. The van der Waals surface area contributed by atoms with E-state index < -0.39 is 23.7 Å². The van der Waals surface area contributed by atoms with E-state index in [0.717, 1.165) is 17.5 Å². The van der Waals surface area contributed by atoms with Crippen molar-refractivity contribution < 1.29 is 28.7 Å². The zero-order valence-corrected chi connectivity index (χ0v) is 24.8. The van der Waals surface area contributed by atoms with Gasteiger partial charge in [0.05, 0.1) is 13.1 Å². The number of ether oxygens (including phenoxy) is 2. The molecule has 0 fully saturated rings. The number of carbonyl (C=O) groups excluding carboxylic acids is 4. The summed E-state index contributed by atoms with van der Waals surface area (Å²) in [5, 5.41) is 11.1. The van der Waals surface area contributed by atoms with Gasteiger partial charge in [-0.15, -0.1) is 0 Å². The molecule has 2 aromatic rings. The second-order valence-corrected chi connectivity index (χ2v) is 10.5. The first kappa shape index (κ1) is 33.2. The summed E-state index contributed by atoms with van der Waals surface area (Å²) >= 11 is 6.19. The van der Waals surface area contributed by atoms with Gasteiger partial charge in [-0.25, -0.2) is 14.4 Å². The maximum absolute atomic E-state index is 12.9. The van der Waals surface area contributed by atoms with E-state index in [1.807, 2.05) is 31.2 Å². The molecule has 2 aromatic carbocycles. The molecule has 0 aliphatic rings. The molecule has 5 amide bonds. The van der Waals surface area contributed by atoms with E-state index in [1.165, 1.54) is 4.90 Å². The smallest absolute Gasteiger partial charge is 0.411 e. The first-order valence-corrected chi connectivity index (χ1v) is 13.9. The Kier molecular flexibility index (Phi) is 13.7. The molecule has 0 saturated carbocycles. The molecule has 224 valence electrons. The van der Waals surface area contributed by atoms with Gasteiger partial charge in [-0.3, -0.25) is 10.1 Å². The Bertz CT molecular complexity index is 1150. The highest BCUT2D eigenvalue weighted by Crippen LogP contribution is 2.14. The fraction of sp³-hybridized carbons (Fsp3) is 0.448. The minimum Gasteiger partial charge on any atom is -0.447 e. The van der Waals surface area contributed by atoms with Gasteiger partial charge in [0.2, 0.25) is 5.91 Å². The van der Waals surface area contributed by atoms with Crippen molar-refractivity contribution in [2.24, 2.45) is 0 Å². The van der Waals surface area contributed by atoms with E-state index in [9.17, 15) is 19.2 Å². The van der Waals surface area contributed by atoms with Crippen LogP contribution in [0.4, 0.5) is 20.1 Å². The molecule has 0 spiro atoms. The first-order chi connectivity index (χ1) is 19.5. The number of rotatable bonds is 13. The van der Waals surface area contributed by atoms with Crippen molar-refractivity contribution in [1.29, 1.82) is 0 Å². The van der Waals surface area contributed by atoms with Crippen molar-refractivity contribution in [2.45, 2.75) is 52.7 Å². The number of benzene rings is 2. The number of nitrogens with one attached hydrogen (secondary N) is 4. The van der Waals surface area contributed by atoms with E-state index in [1.54, 1.807) is 45.0 Å². The molecule has 11 nitrogen and oxygen atoms in total. The van der Waals surface area contributed by atoms with E-state index in [4.69, 9.17) is 21.1 Å². The quantitative estimate of drug-likeness (QED) is 0.250. The summed E-state index contributed by atoms with van der Waals surface area (Å²) in [6, 6.07) is 14.3. The number of alkyl carbamates (subject to hydrolysis) is 1. The van der Waals surface area contributed by atoms with Crippen LogP contribution >= 0.6 is 11.6 Å². The monoisotopic (exact) mass is 589 g/mol. The topological polar surface area (TPSA) is 138 Å². The van der Waals surface area contributed by atoms with E-state index in [-0.39, 0.29) is 45.4 Å². The summed E-state index contributed by atoms with van der Waals surface area (Å²) in [6.45, 7) is 7.84. The Labute approximate surface area is 246 Å². The van der Waals surface area contributed by atoms with Gasteiger partial charge >= 0.3 is 18.2 Å². The lowest BCUT2D eigenvalue weighted by molar-refractivity contribution is -0.120. The lowest BCUT2D eigenvalue weighted by Crippen LogP contribution is -2.43. The third kappa shape index (κ3) is 13.8. The number of urea groups is 1. The highest BCUT2D eigenvalue weighted by molar-refractivity contribution is 6.31. The molecule has 0 unspecified atom stereocenters. The van der Waals surface area contributed by atoms with Crippen LogP contribution in [0.5, 0.6) is 0 Å². The summed E-state index contributed by atoms with van der Waals surface area (Å²) in [5.41, 5.74) is 1.86. The van der Waals surface area contributed by atoms with Gasteiger partial charge in [0.1, 0.15) is 12.2 Å². The zero-order valence-electron chi connectivity index (χ0n) is 24.1. The van der Waals surface area contributed by atoms with Gasteiger partial charge in [0, 0.05) is 30.3 Å². The number of aryl methyl sites for hydroxylation is 1. The van der Waals surface area contributed by atoms with Gasteiger partial charge < -0.3 is 30.3 Å². The lowest BCUT2D eigenvalue weighted by atomic mass is 10.1. The average Bonchev–Trinajstić information content (AvgIpc) is 2.92. The van der Waals surface area contributed by atoms with Crippen molar-refractivity contribution in [3.05, 3.63) is 64.7 Å². The molecule has 0 heterocycles. The maximum Gasteiger partial charge on any atom is 0.411 e. The molecular formula is C29H40ClN5O6. The van der Waals surface area contributed by atoms with Crippen molar-refractivity contribution >= 4 is 41.4 Å². The molecule has 0 saturated heterocycles. The largest absolute Gasteiger partial charge is 0.447 e. The molecule has 0 bridgehead atoms. The Balaban J connectivity index is 1.83. The summed E-state index contributed by atoms with van der Waals surface area (Å²) in [5.74, 6) is -0.391. The third-order valence-electron chi connectivity index (χ3n) is 5.60. The van der Waals surface area contributed by atoms with Gasteiger partial charge in [0.25, 0.3) is 0 Å². The normalized spacial score (nSPS) is 10.8. The Hall–Kier alpha value is -3.99. The second kappa shape index (κ2) is 17.0. The Morgan fingerprint density at radius 1 is 0.902 bits per heavy atom. The predicted octanol–water partition coefficient (Wildman–Crippen LogP) is 4.69. The molecule has 41 heavy (non-hydrogen) atoms. The maximum atomic E-state index is 12.9. The van der Waals surface area contributed by atoms with Crippen molar-refractivity contribution in [1.82, 2.24) is 20.9 Å². The molecule has 0 aliphatic heterocycles. The van der Waals surface area contributed by atoms with Crippen LogP contribution in [0.2, 0.25) is 5.02 Å². The first-order valence-electron chi connectivity index (χ1n) is 13.5. The van der Waals surface area contributed by atoms with Crippen LogP contribution < -0.4 is 21.3 Å². The van der Waals surface area contributed by atoms with Crippen LogP contribution in [0.1, 0.15) is 45.2 Å². The van der Waals surface area contributed by atoms with Crippen molar-refractivity contribution in [3.63, 3.8) is 0 Å². The Morgan fingerprint density at radius 2 is 1.61 bits per heavy atom. The number of carbonyl (C=O) groups is 4. The number of hydrogen-bond acceptors (Lipinski definition) is 6. The van der Waals surface area contributed by atoms with Crippen LogP contribution in [0.3, 0.4) is 0 Å². The SMILES string of the molecule is CCc1ccc(NC(=O)OCCN(CCCNC(=O)CNC(=O)OC(C)(C)C)C(=O)NCc2ccccc2Cl)cc1. The fourth-order valence-electron chi connectivity index (χ4n) is 3.49. The van der Waals surface area contributed by atoms with Crippen LogP contribution in [0.25, 0.3) is 0 Å². The van der Waals surface area contributed by atoms with Gasteiger partial charge in [0.15, 0.2) is 0 Å². The van der Waals surface area contributed by atoms with E-state index in [0.29, 0.717) is 17.1 Å². The van der Waals surface area contributed by atoms with Crippen LogP contribution in [-0.4, -0.2) is 67.4 Å². The lowest BCUT2D eigenvalue weighted by Gasteiger charge is -2.23. The molecule has 2 rings (SSSR count). The van der Waals surface area contributed by atoms with Crippen LogP contribution in [0, 0.1) is 0 Å². The van der Waals surface area contributed by atoms with Gasteiger partial charge in [-0.1, -0.05) is 48.9 Å². The van der Waals surface area contributed by atoms with E-state index >= 15 is 0 Å². The molecular weight excluding hydrogens is 550 g/mol. The number of halogens is 1. The number of hydrogen-bond donors (Lipinski definition) is 4. The molecule has 0 aromatic heterocycles. The summed E-state index contributed by atoms with van der Waals surface area (Å²) in [6.07, 6.45) is 0.00540. The van der Waals surface area contributed by atoms with Crippen molar-refractivity contribution in [2.75, 3.05) is 38.1 Å². The minimum absolute atomic E-state index is 0.0371. The highest BCUT2D eigenvalue weighted by atomic mass is 35.5. The summed E-state index contributed by atoms with van der Waals surface area (Å²) in [4.78, 5) is 50.4. The number of amides is 5. The molecule has 4 N–H and O–H groups in total. The average molecular weight is 590 g/mol. The molecule has 12 heteroatoms. The van der Waals surface area contributed by atoms with E-state index in [2.05, 4.69) is 21.3 Å². The van der Waals surface area contributed by atoms with Crippen LogP contribution in [-0.2, 0) is 27.2 Å². The second-order valence-electron chi connectivity index (χ2n) is 10.1. The van der Waals surface area contributed by atoms with Crippen LogP contribution in [0.15, 0.2) is 48.5 Å². The Morgan fingerprint density at radius 3 is 2.27 bits per heavy atom. The highest BCUT2D eigenvalue weighted by Gasteiger charge is 2.17. The standard InChI is InChI=1S/C29H40ClN5O6/c1-5-21-11-13-23(14-12-21)34-28(39)40-18-17-35(26(37)32-19-22-9-6-7-10-24(22)30)16-8-15-31-25(36)20-33-27(38)41-29(2,3)4/h6-7,9-14H,5,8,15-20H2,1-4H3,(H,31,36)(H,32,37)(H,33,38)(H,34,39). The van der Waals surface area contributed by atoms with Crippen molar-refractivity contribution in [3.8, 4) is 0 Å². The molecule has 0 radical (unpaired) electrons. The number of nitrogens with zero attached hydrogens (tertiary/aromatic N) is 1. The molecule has 0 atom stereocenters.